The van der Waals surface area contributed by atoms with Crippen molar-refractivity contribution in [1.29, 1.82) is 0 Å². The van der Waals surface area contributed by atoms with E-state index in [4.69, 9.17) is 30.9 Å². The minimum atomic E-state index is -0.690. The van der Waals surface area contributed by atoms with Crippen LogP contribution >= 0.6 is 11.6 Å². The smallest absolute Gasteiger partial charge is 0.327 e. The van der Waals surface area contributed by atoms with Crippen LogP contribution in [0.3, 0.4) is 0 Å². The van der Waals surface area contributed by atoms with E-state index >= 15 is 4.39 Å². The molecule has 1 aliphatic heterocycles. The number of hydroxylamine groups is 1. The van der Waals surface area contributed by atoms with Crippen LogP contribution in [0.15, 0.2) is 42.5 Å². The number of amides is 1. The lowest BCUT2D eigenvalue weighted by Gasteiger charge is -2.23. The van der Waals surface area contributed by atoms with Gasteiger partial charge in [0, 0.05) is 49.6 Å². The highest BCUT2D eigenvalue weighted by Crippen LogP contribution is 2.45. The third-order valence-corrected chi connectivity index (χ3v) is 10.8. The number of aromatic nitrogens is 2. The Hall–Kier alpha value is -4.45. The number of imidazole rings is 1. The van der Waals surface area contributed by atoms with Crippen molar-refractivity contribution in [2.45, 2.75) is 71.6 Å². The largest absolute Gasteiger partial charge is 0.493 e. The summed E-state index contributed by atoms with van der Waals surface area (Å²) in [5, 5.41) is 2.95. The first kappa shape index (κ1) is 35.0. The predicted octanol–water partition coefficient (Wildman–Crippen LogP) is 7.24. The number of nitrogens with one attached hydrogen (secondary N) is 2. The topological polar surface area (TPSA) is 107 Å². The molecule has 1 atom stereocenters. The number of halogens is 2. The summed E-state index contributed by atoms with van der Waals surface area (Å²) in [5.41, 5.74) is 10.6. The second-order valence-corrected chi connectivity index (χ2v) is 14.0. The van der Waals surface area contributed by atoms with Gasteiger partial charge in [-0.15, -0.1) is 5.48 Å². The third-order valence-electron chi connectivity index (χ3n) is 10.4. The first-order valence-corrected chi connectivity index (χ1v) is 18.0. The molecular formula is C39H43ClFN5O5. The molecule has 2 N–H and O–H groups in total. The van der Waals surface area contributed by atoms with Crippen LogP contribution in [0.5, 0.6) is 11.5 Å². The minimum absolute atomic E-state index is 0.102. The second kappa shape index (κ2) is 14.7. The average molecular weight is 716 g/mol. The number of hydrogen-bond donors (Lipinski definition) is 2. The molecule has 0 radical (unpaired) electrons. The molecule has 0 bridgehead atoms. The molecule has 7 rings (SSSR count). The fraction of sp³-hybridized carbons (Fsp3) is 0.410. The van der Waals surface area contributed by atoms with Gasteiger partial charge in [0.1, 0.15) is 22.6 Å². The first-order valence-electron chi connectivity index (χ1n) is 17.6. The molecule has 1 saturated carbocycles. The van der Waals surface area contributed by atoms with E-state index in [-0.39, 0.29) is 52.5 Å². The van der Waals surface area contributed by atoms with Crippen LogP contribution in [0.4, 0.5) is 10.1 Å². The second-order valence-electron chi connectivity index (χ2n) is 13.6. The summed E-state index contributed by atoms with van der Waals surface area (Å²) in [4.78, 5) is 37.7. The lowest BCUT2D eigenvalue weighted by atomic mass is 9.86. The number of carbonyl (C=O) groups is 2. The fourth-order valence-electron chi connectivity index (χ4n) is 7.31. The van der Waals surface area contributed by atoms with Gasteiger partial charge in [-0.3, -0.25) is 9.59 Å². The maximum absolute atomic E-state index is 15.7. The summed E-state index contributed by atoms with van der Waals surface area (Å²) in [6, 6.07) is 13.6. The van der Waals surface area contributed by atoms with Crippen molar-refractivity contribution in [3.05, 3.63) is 92.8 Å². The first-order chi connectivity index (χ1) is 24.6. The Morgan fingerprint density at radius 2 is 1.84 bits per heavy atom. The van der Waals surface area contributed by atoms with Crippen molar-refractivity contribution in [1.82, 2.24) is 19.9 Å². The zero-order valence-corrected chi connectivity index (χ0v) is 30.2. The lowest BCUT2D eigenvalue weighted by Crippen LogP contribution is -2.29. The van der Waals surface area contributed by atoms with E-state index in [1.165, 1.54) is 0 Å². The SMILES string of the molecule is CCOc1cc(OC2CCc3c(-c4cccc(NC(=O)c5nc6c(n5C)CCN(C)C6)c4C)cccc32)c(Cl)c(F)c1CNOC(=O)C1CCC1. The average Bonchev–Trinajstić information content (AvgIpc) is 3.65. The standard InChI is InChI=1S/C39H43ClFN5O5/c1-5-49-33-19-34(35(40)36(41)28(33)20-42-51-39(48)23-9-6-10-23)50-32-16-15-26-25(12-7-13-27(26)32)24-11-8-14-29(22(24)2)44-38(47)37-43-30-21-45(3)18-17-31(30)46(37)4/h7-8,11-14,19,23,32,42H,5-6,9-10,15-18,20-21H2,1-4H3,(H,44,47). The zero-order valence-electron chi connectivity index (χ0n) is 29.4. The van der Waals surface area contributed by atoms with E-state index in [1.54, 1.807) is 6.07 Å². The van der Waals surface area contributed by atoms with Gasteiger partial charge in [0.25, 0.3) is 5.91 Å². The molecule has 2 aliphatic carbocycles. The van der Waals surface area contributed by atoms with Crippen LogP contribution in [0.1, 0.15) is 83.0 Å². The molecule has 12 heteroatoms. The Kier molecular flexibility index (Phi) is 10.0. The molecule has 3 aromatic carbocycles. The molecule has 0 spiro atoms. The maximum Gasteiger partial charge on any atom is 0.327 e. The summed E-state index contributed by atoms with van der Waals surface area (Å²) in [6.07, 6.45) is 4.52. The predicted molar refractivity (Wildman–Crippen MR) is 192 cm³/mol. The summed E-state index contributed by atoms with van der Waals surface area (Å²) < 4.78 is 29.8. The minimum Gasteiger partial charge on any atom is -0.493 e. The van der Waals surface area contributed by atoms with Gasteiger partial charge in [0.2, 0.25) is 0 Å². The van der Waals surface area contributed by atoms with Gasteiger partial charge >= 0.3 is 5.97 Å². The number of rotatable bonds is 11. The Bertz CT molecular complexity index is 1990. The van der Waals surface area contributed by atoms with Crippen LogP contribution in [0, 0.1) is 18.7 Å². The van der Waals surface area contributed by atoms with E-state index in [0.29, 0.717) is 18.9 Å². The molecule has 0 saturated heterocycles. The number of benzene rings is 3. The van der Waals surface area contributed by atoms with Crippen LogP contribution in [-0.4, -0.2) is 46.5 Å². The van der Waals surface area contributed by atoms with Crippen molar-refractivity contribution in [2.24, 2.45) is 13.0 Å². The van der Waals surface area contributed by atoms with E-state index < -0.39 is 5.82 Å². The van der Waals surface area contributed by atoms with E-state index in [0.717, 1.165) is 90.1 Å². The molecular weight excluding hydrogens is 673 g/mol. The summed E-state index contributed by atoms with van der Waals surface area (Å²) in [6.45, 7) is 5.67. The van der Waals surface area contributed by atoms with Crippen molar-refractivity contribution >= 4 is 29.2 Å². The Morgan fingerprint density at radius 3 is 2.61 bits per heavy atom. The van der Waals surface area contributed by atoms with Gasteiger partial charge in [-0.2, -0.15) is 0 Å². The monoisotopic (exact) mass is 715 g/mol. The highest BCUT2D eigenvalue weighted by molar-refractivity contribution is 6.32. The van der Waals surface area contributed by atoms with Crippen molar-refractivity contribution in [3.8, 4) is 22.6 Å². The molecule has 3 aliphatic rings. The lowest BCUT2D eigenvalue weighted by molar-refractivity contribution is -0.159. The van der Waals surface area contributed by atoms with Crippen molar-refractivity contribution in [2.75, 3.05) is 25.5 Å². The van der Waals surface area contributed by atoms with Gasteiger partial charge in [0.05, 0.1) is 24.8 Å². The maximum atomic E-state index is 15.7. The number of carbonyl (C=O) groups excluding carboxylic acids is 2. The zero-order chi connectivity index (χ0) is 35.8. The Morgan fingerprint density at radius 1 is 1.06 bits per heavy atom. The number of likely N-dealkylation sites (N-methyl/N-ethyl adjacent to an activating group) is 1. The normalized spacial score (nSPS) is 17.0. The highest BCUT2D eigenvalue weighted by Gasteiger charge is 2.31. The molecule has 1 aromatic heterocycles. The molecule has 2 heterocycles. The summed E-state index contributed by atoms with van der Waals surface area (Å²) in [5.74, 6) is -0.535. The number of ether oxygens (including phenoxy) is 2. The molecule has 10 nitrogen and oxygen atoms in total. The number of anilines is 1. The van der Waals surface area contributed by atoms with Gasteiger partial charge in [-0.05, 0) is 80.5 Å². The van der Waals surface area contributed by atoms with Crippen molar-refractivity contribution < 1.29 is 28.3 Å². The van der Waals surface area contributed by atoms with E-state index in [9.17, 15) is 9.59 Å². The van der Waals surface area contributed by atoms with Gasteiger partial charge in [-0.1, -0.05) is 48.4 Å². The highest BCUT2D eigenvalue weighted by atomic mass is 35.5. The molecule has 1 fully saturated rings. The van der Waals surface area contributed by atoms with Crippen LogP contribution < -0.4 is 20.3 Å². The molecule has 1 amide bonds. The Labute approximate surface area is 302 Å². The van der Waals surface area contributed by atoms with Gasteiger partial charge in [-0.25, -0.2) is 9.37 Å². The van der Waals surface area contributed by atoms with Gasteiger partial charge in [0.15, 0.2) is 11.6 Å². The van der Waals surface area contributed by atoms with Gasteiger partial charge < -0.3 is 29.1 Å². The van der Waals surface area contributed by atoms with E-state index in [1.807, 2.05) is 49.7 Å². The fourth-order valence-corrected chi connectivity index (χ4v) is 7.52. The number of fused-ring (bicyclic) bond motifs is 2. The number of nitrogens with zero attached hydrogens (tertiary/aromatic N) is 3. The van der Waals surface area contributed by atoms with E-state index in [2.05, 4.69) is 34.9 Å². The molecule has 4 aromatic rings. The summed E-state index contributed by atoms with van der Waals surface area (Å²) >= 11 is 6.56. The number of hydrogen-bond acceptors (Lipinski definition) is 8. The quantitative estimate of drug-likeness (QED) is 0.157. The third kappa shape index (κ3) is 6.82. The Balaban J connectivity index is 1.10. The van der Waals surface area contributed by atoms with Crippen molar-refractivity contribution in [3.63, 3.8) is 0 Å². The summed E-state index contributed by atoms with van der Waals surface area (Å²) in [7, 11) is 3.96. The van der Waals surface area contributed by atoms with Crippen LogP contribution in [0.2, 0.25) is 5.02 Å². The molecule has 51 heavy (non-hydrogen) atoms. The molecule has 1 unspecified atom stereocenters. The molecule has 268 valence electrons. The van der Waals surface area contributed by atoms with Crippen LogP contribution in [-0.2, 0) is 42.6 Å². The van der Waals surface area contributed by atoms with Crippen LogP contribution in [0.25, 0.3) is 11.1 Å².